The molecule has 0 aliphatic carbocycles. The van der Waals surface area contributed by atoms with Gasteiger partial charge in [-0.15, -0.1) is 0 Å². The van der Waals surface area contributed by atoms with Crippen LogP contribution < -0.4 is 24.4 Å². The number of carbonyl (C=O) groups is 1. The van der Waals surface area contributed by atoms with Crippen molar-refractivity contribution in [1.29, 1.82) is 0 Å². The number of benzene rings is 2. The molecule has 3 heterocycles. The van der Waals surface area contributed by atoms with Crippen LogP contribution in [0.2, 0.25) is 0 Å². The molecule has 2 aromatic carbocycles. The number of para-hydroxylation sites is 1. The lowest BCUT2D eigenvalue weighted by Crippen LogP contribution is -2.43. The van der Waals surface area contributed by atoms with Crippen molar-refractivity contribution in [1.82, 2.24) is 14.0 Å². The highest BCUT2D eigenvalue weighted by atomic mass is 32.1. The van der Waals surface area contributed by atoms with E-state index in [4.69, 9.17) is 14.5 Å². The number of hydrogen-bond donors (Lipinski definition) is 0. The second-order valence-corrected chi connectivity index (χ2v) is 10.6. The molecule has 4 aromatic rings. The number of hydrogen-bond acceptors (Lipinski definition) is 6. The lowest BCUT2D eigenvalue weighted by Gasteiger charge is -2.30. The average molecular weight is 559 g/mol. The summed E-state index contributed by atoms with van der Waals surface area (Å²) in [6.07, 6.45) is 4.01. The molecular weight excluding hydrogens is 524 g/mol. The van der Waals surface area contributed by atoms with Crippen LogP contribution in [-0.4, -0.2) is 47.3 Å². The first kappa shape index (κ1) is 27.5. The number of allylic oxidation sites excluding steroid dienone is 1. The van der Waals surface area contributed by atoms with Gasteiger partial charge in [0.15, 0.2) is 4.80 Å². The molecule has 208 valence electrons. The van der Waals surface area contributed by atoms with Crippen LogP contribution in [0.1, 0.15) is 44.9 Å². The number of nitrogens with zero attached hydrogens (tertiary/aromatic N) is 4. The van der Waals surface area contributed by atoms with Crippen molar-refractivity contribution < 1.29 is 14.3 Å². The zero-order valence-electron chi connectivity index (χ0n) is 23.7. The minimum atomic E-state index is -0.728. The number of ether oxygens (including phenoxy) is 2. The number of fused-ring (bicyclic) bond motifs is 2. The van der Waals surface area contributed by atoms with Gasteiger partial charge in [0.2, 0.25) is 0 Å². The smallest absolute Gasteiger partial charge is 0.271 e. The Kier molecular flexibility index (Phi) is 7.67. The summed E-state index contributed by atoms with van der Waals surface area (Å²) in [7, 11) is 3.17. The van der Waals surface area contributed by atoms with Crippen LogP contribution in [0.15, 0.2) is 69.7 Å². The molecule has 1 amide bonds. The predicted octanol–water partition coefficient (Wildman–Crippen LogP) is 4.10. The maximum atomic E-state index is 14.2. The van der Waals surface area contributed by atoms with Crippen molar-refractivity contribution in [3.05, 3.63) is 90.7 Å². The van der Waals surface area contributed by atoms with Crippen LogP contribution in [0.5, 0.6) is 11.5 Å². The van der Waals surface area contributed by atoms with Crippen molar-refractivity contribution in [2.75, 3.05) is 27.3 Å². The number of amides is 1. The van der Waals surface area contributed by atoms with E-state index < -0.39 is 6.04 Å². The Morgan fingerprint density at radius 2 is 1.85 bits per heavy atom. The molecule has 0 spiro atoms. The van der Waals surface area contributed by atoms with Crippen molar-refractivity contribution in [2.45, 2.75) is 40.3 Å². The van der Waals surface area contributed by atoms with E-state index in [9.17, 15) is 9.59 Å². The van der Waals surface area contributed by atoms with E-state index in [0.29, 0.717) is 50.8 Å². The molecule has 1 aliphatic heterocycles. The standard InChI is InChI=1S/C31H34N4O4S/c1-7-33(8-2)30(37)27-19(4)32-31-35(28(27)23-17-21(38-5)14-15-25(23)39-6)29(36)26(40-31)16-20-18-34(9-3)24-13-11-10-12-22(20)24/h10-18,28H,7-9H2,1-6H3/b26-16-/t28-/m1/s1. The first-order valence-electron chi connectivity index (χ1n) is 13.5. The Bertz CT molecular complexity index is 1810. The molecule has 0 N–H and O–H groups in total. The Labute approximate surface area is 237 Å². The number of aryl methyl sites for hydroxylation is 1. The summed E-state index contributed by atoms with van der Waals surface area (Å²) in [6, 6.07) is 12.9. The number of carbonyl (C=O) groups excluding carboxylic acids is 1. The highest BCUT2D eigenvalue weighted by Crippen LogP contribution is 2.38. The fourth-order valence-electron chi connectivity index (χ4n) is 5.42. The van der Waals surface area contributed by atoms with Crippen molar-refractivity contribution >= 4 is 34.2 Å². The van der Waals surface area contributed by atoms with Crippen LogP contribution >= 0.6 is 11.3 Å². The molecule has 9 heteroatoms. The molecule has 1 atom stereocenters. The molecule has 0 radical (unpaired) electrons. The van der Waals surface area contributed by atoms with Crippen molar-refractivity contribution in [3.63, 3.8) is 0 Å². The van der Waals surface area contributed by atoms with Gasteiger partial charge in [0.25, 0.3) is 11.5 Å². The third-order valence-corrected chi connectivity index (χ3v) is 8.46. The van der Waals surface area contributed by atoms with Gasteiger partial charge in [-0.2, -0.15) is 0 Å². The fraction of sp³-hybridized carbons (Fsp3) is 0.323. The third-order valence-electron chi connectivity index (χ3n) is 7.48. The van der Waals surface area contributed by atoms with Gasteiger partial charge in [-0.1, -0.05) is 29.5 Å². The quantitative estimate of drug-likeness (QED) is 0.326. The van der Waals surface area contributed by atoms with Crippen LogP contribution in [0.4, 0.5) is 0 Å². The number of rotatable bonds is 8. The van der Waals surface area contributed by atoms with Gasteiger partial charge >= 0.3 is 0 Å². The Hall–Kier alpha value is -4.11. The summed E-state index contributed by atoms with van der Waals surface area (Å²) in [5.41, 5.74) is 3.59. The SMILES string of the molecule is CCN(CC)C(=O)C1=C(C)N=c2s/c(=C\c3cn(CC)c4ccccc34)c(=O)n2[C@@H]1c1cc(OC)ccc1OC. The Balaban J connectivity index is 1.80. The molecule has 0 saturated carbocycles. The van der Waals surface area contributed by atoms with E-state index in [2.05, 4.69) is 29.8 Å². The lowest BCUT2D eigenvalue weighted by molar-refractivity contribution is -0.127. The molecule has 5 rings (SSSR count). The summed E-state index contributed by atoms with van der Waals surface area (Å²) < 4.78 is 15.6. The van der Waals surface area contributed by atoms with E-state index >= 15 is 0 Å². The van der Waals surface area contributed by atoms with Gasteiger partial charge < -0.3 is 18.9 Å². The molecule has 2 aromatic heterocycles. The summed E-state index contributed by atoms with van der Waals surface area (Å²) in [6.45, 7) is 9.73. The zero-order valence-corrected chi connectivity index (χ0v) is 24.5. The maximum Gasteiger partial charge on any atom is 0.271 e. The lowest BCUT2D eigenvalue weighted by atomic mass is 9.93. The second-order valence-electron chi connectivity index (χ2n) is 9.55. The number of thiazole rings is 1. The second kappa shape index (κ2) is 11.2. The normalized spacial score (nSPS) is 15.2. The summed E-state index contributed by atoms with van der Waals surface area (Å²) in [5.74, 6) is 1.02. The number of aromatic nitrogens is 2. The predicted molar refractivity (Wildman–Crippen MR) is 159 cm³/mol. The van der Waals surface area contributed by atoms with E-state index in [-0.39, 0.29) is 11.5 Å². The highest BCUT2D eigenvalue weighted by Gasteiger charge is 2.36. The summed E-state index contributed by atoms with van der Waals surface area (Å²) >= 11 is 1.33. The molecule has 0 saturated heterocycles. The van der Waals surface area contributed by atoms with Crippen LogP contribution in [0, 0.1) is 0 Å². The minimum absolute atomic E-state index is 0.151. The van der Waals surface area contributed by atoms with Crippen LogP contribution in [0.3, 0.4) is 0 Å². The first-order chi connectivity index (χ1) is 19.4. The fourth-order valence-corrected chi connectivity index (χ4v) is 6.45. The molecule has 8 nitrogen and oxygen atoms in total. The molecule has 1 aliphatic rings. The number of likely N-dealkylation sites (N-methyl/N-ethyl adjacent to an activating group) is 1. The van der Waals surface area contributed by atoms with Gasteiger partial charge in [0.1, 0.15) is 17.5 Å². The first-order valence-corrected chi connectivity index (χ1v) is 14.3. The van der Waals surface area contributed by atoms with E-state index in [1.165, 1.54) is 11.3 Å². The van der Waals surface area contributed by atoms with E-state index in [1.54, 1.807) is 35.8 Å². The van der Waals surface area contributed by atoms with E-state index in [1.807, 2.05) is 45.0 Å². The minimum Gasteiger partial charge on any atom is -0.497 e. The maximum absolute atomic E-state index is 14.2. The summed E-state index contributed by atoms with van der Waals surface area (Å²) in [4.78, 5) is 35.2. The topological polar surface area (TPSA) is 78.1 Å². The highest BCUT2D eigenvalue weighted by molar-refractivity contribution is 7.07. The monoisotopic (exact) mass is 558 g/mol. The van der Waals surface area contributed by atoms with Gasteiger partial charge in [0, 0.05) is 47.9 Å². The largest absolute Gasteiger partial charge is 0.497 e. The number of methoxy groups -OCH3 is 2. The van der Waals surface area contributed by atoms with Gasteiger partial charge in [0.05, 0.1) is 30.0 Å². The van der Waals surface area contributed by atoms with Gasteiger partial charge in [-0.05, 0) is 58.0 Å². The molecule has 40 heavy (non-hydrogen) atoms. The average Bonchev–Trinajstić information content (AvgIpc) is 3.48. The summed E-state index contributed by atoms with van der Waals surface area (Å²) in [5, 5.41) is 1.08. The van der Waals surface area contributed by atoms with E-state index in [0.717, 1.165) is 23.0 Å². The Morgan fingerprint density at radius 3 is 2.52 bits per heavy atom. The van der Waals surface area contributed by atoms with Crippen LogP contribution in [-0.2, 0) is 11.3 Å². The molecular formula is C31H34N4O4S. The van der Waals surface area contributed by atoms with Crippen molar-refractivity contribution in [3.8, 4) is 11.5 Å². The third kappa shape index (κ3) is 4.54. The zero-order chi connectivity index (χ0) is 28.6. The van der Waals surface area contributed by atoms with Gasteiger partial charge in [-0.25, -0.2) is 4.99 Å². The van der Waals surface area contributed by atoms with Gasteiger partial charge in [-0.3, -0.25) is 14.2 Å². The van der Waals surface area contributed by atoms with Crippen molar-refractivity contribution in [2.24, 2.45) is 4.99 Å². The molecule has 0 bridgehead atoms. The molecule has 0 unspecified atom stereocenters. The molecule has 0 fully saturated rings. The van der Waals surface area contributed by atoms with Crippen LogP contribution in [0.25, 0.3) is 17.0 Å². The Morgan fingerprint density at radius 1 is 1.10 bits per heavy atom.